The van der Waals surface area contributed by atoms with Gasteiger partial charge in [-0.2, -0.15) is 0 Å². The second kappa shape index (κ2) is 26.4. The van der Waals surface area contributed by atoms with E-state index >= 15 is 0 Å². The van der Waals surface area contributed by atoms with E-state index in [2.05, 4.69) is 27.9 Å². The first-order valence-electron chi connectivity index (χ1n) is 16.3. The van der Waals surface area contributed by atoms with E-state index in [0.29, 0.717) is 118 Å². The number of rotatable bonds is 30. The Morgan fingerprint density at radius 1 is 0.761 bits per heavy atom. The summed E-state index contributed by atoms with van der Waals surface area (Å²) in [6.07, 6.45) is 5.21. The molecule has 16 nitrogen and oxygen atoms in total. The van der Waals surface area contributed by atoms with Gasteiger partial charge in [0.2, 0.25) is 11.8 Å². The Morgan fingerprint density at radius 3 is 1.76 bits per heavy atom. The van der Waals surface area contributed by atoms with Crippen molar-refractivity contribution in [2.45, 2.75) is 52.6 Å². The van der Waals surface area contributed by atoms with Gasteiger partial charge in [-0.25, -0.2) is 9.48 Å². The average Bonchev–Trinajstić information content (AvgIpc) is 3.60. The van der Waals surface area contributed by atoms with Crippen molar-refractivity contribution in [2.75, 3.05) is 106 Å². The van der Waals surface area contributed by atoms with Gasteiger partial charge in [0.15, 0.2) is 0 Å². The van der Waals surface area contributed by atoms with Crippen LogP contribution in [0.1, 0.15) is 45.2 Å². The van der Waals surface area contributed by atoms with Gasteiger partial charge in [-0.1, -0.05) is 31.9 Å². The molecule has 16 heteroatoms. The Bertz CT molecular complexity index is 953. The predicted octanol–water partition coefficient (Wildman–Crippen LogP) is 0.779. The van der Waals surface area contributed by atoms with Gasteiger partial charge in [-0.15, -0.1) is 5.10 Å². The molecule has 2 rings (SSSR count). The zero-order valence-corrected chi connectivity index (χ0v) is 27.6. The first-order valence-corrected chi connectivity index (χ1v) is 16.3. The number of likely N-dealkylation sites (tertiary alicyclic amines) is 1. The molecular formula is C30H54N6O10. The van der Waals surface area contributed by atoms with Crippen molar-refractivity contribution in [3.63, 3.8) is 0 Å². The molecule has 1 saturated heterocycles. The third kappa shape index (κ3) is 19.1. The van der Waals surface area contributed by atoms with Crippen LogP contribution in [0.15, 0.2) is 6.20 Å². The number of unbranched alkanes of at least 4 members (excludes halogenated alkanes) is 2. The topological polar surface area (TPSA) is 174 Å². The standard InChI is InChI=1S/C30H54N6O10/c1-3-4-5-6-31-30(39)32-7-9-40-11-13-42-15-17-44-19-21-46-22-20-45-18-16-43-14-12-41-10-8-35-24-27(33-34-35)25-36-28(37)23-26(2)29(36)38/h24,26H,3-23,25H2,1-2H3,(H2,31,32,39). The quantitative estimate of drug-likeness (QED) is 0.0880. The maximum atomic E-state index is 12.0. The first-order chi connectivity index (χ1) is 22.5. The summed E-state index contributed by atoms with van der Waals surface area (Å²) in [4.78, 5) is 36.7. The van der Waals surface area contributed by atoms with E-state index in [-0.39, 0.29) is 36.7 Å². The zero-order valence-electron chi connectivity index (χ0n) is 27.6. The number of hydrogen-bond donors (Lipinski definition) is 2. The summed E-state index contributed by atoms with van der Waals surface area (Å²) in [5.74, 6) is -0.605. The molecular weight excluding hydrogens is 604 g/mol. The Kier molecular flexibility index (Phi) is 22.6. The lowest BCUT2D eigenvalue weighted by Crippen LogP contribution is -2.37. The molecule has 0 spiro atoms. The smallest absolute Gasteiger partial charge is 0.314 e. The van der Waals surface area contributed by atoms with E-state index in [1.54, 1.807) is 17.8 Å². The maximum Gasteiger partial charge on any atom is 0.314 e. The Balaban J connectivity index is 1.23. The third-order valence-electron chi connectivity index (χ3n) is 6.67. The lowest BCUT2D eigenvalue weighted by atomic mass is 10.1. The highest BCUT2D eigenvalue weighted by Crippen LogP contribution is 2.20. The second-order valence-corrected chi connectivity index (χ2v) is 10.6. The minimum Gasteiger partial charge on any atom is -0.377 e. The number of ether oxygens (including phenoxy) is 7. The molecule has 1 atom stereocenters. The van der Waals surface area contributed by atoms with Crippen LogP contribution < -0.4 is 10.6 Å². The summed E-state index contributed by atoms with van der Waals surface area (Å²) in [6, 6.07) is -0.159. The van der Waals surface area contributed by atoms with Gasteiger partial charge in [0, 0.05) is 25.4 Å². The van der Waals surface area contributed by atoms with Crippen LogP contribution in [-0.4, -0.2) is 143 Å². The summed E-state index contributed by atoms with van der Waals surface area (Å²) in [5.41, 5.74) is 0.569. The fourth-order valence-electron chi connectivity index (χ4n) is 4.15. The van der Waals surface area contributed by atoms with Gasteiger partial charge in [-0.3, -0.25) is 14.5 Å². The van der Waals surface area contributed by atoms with E-state index in [1.165, 1.54) is 4.90 Å². The molecule has 1 aliphatic rings. The summed E-state index contributed by atoms with van der Waals surface area (Å²) < 4.78 is 40.0. The van der Waals surface area contributed by atoms with Crippen LogP contribution in [0.5, 0.6) is 0 Å². The van der Waals surface area contributed by atoms with Crippen LogP contribution in [0, 0.1) is 5.92 Å². The molecule has 0 saturated carbocycles. The predicted molar refractivity (Wildman–Crippen MR) is 166 cm³/mol. The van der Waals surface area contributed by atoms with Gasteiger partial charge in [0.1, 0.15) is 5.69 Å². The molecule has 1 aliphatic heterocycles. The monoisotopic (exact) mass is 658 g/mol. The maximum absolute atomic E-state index is 12.0. The average molecular weight is 659 g/mol. The second-order valence-electron chi connectivity index (χ2n) is 10.6. The van der Waals surface area contributed by atoms with Crippen LogP contribution in [-0.2, 0) is 55.8 Å². The third-order valence-corrected chi connectivity index (χ3v) is 6.67. The molecule has 264 valence electrons. The number of carbonyl (C=O) groups excluding carboxylic acids is 3. The van der Waals surface area contributed by atoms with Crippen molar-refractivity contribution < 1.29 is 47.5 Å². The Hall–Kier alpha value is -2.73. The summed E-state index contributed by atoms with van der Waals surface area (Å²) >= 11 is 0. The molecule has 2 heterocycles. The molecule has 46 heavy (non-hydrogen) atoms. The van der Waals surface area contributed by atoms with E-state index in [9.17, 15) is 14.4 Å². The lowest BCUT2D eigenvalue weighted by molar-refractivity contribution is -0.140. The highest BCUT2D eigenvalue weighted by Gasteiger charge is 2.35. The number of nitrogens with one attached hydrogen (secondary N) is 2. The number of imide groups is 1. The molecule has 2 N–H and O–H groups in total. The van der Waals surface area contributed by atoms with Crippen LogP contribution in [0.3, 0.4) is 0 Å². The van der Waals surface area contributed by atoms with E-state index in [0.717, 1.165) is 19.3 Å². The minimum absolute atomic E-state index is 0.150. The van der Waals surface area contributed by atoms with Gasteiger partial charge < -0.3 is 43.8 Å². The normalized spacial score (nSPS) is 14.8. The molecule has 0 aromatic carbocycles. The minimum atomic E-state index is -0.270. The van der Waals surface area contributed by atoms with Crippen molar-refractivity contribution in [3.05, 3.63) is 11.9 Å². The van der Waals surface area contributed by atoms with Gasteiger partial charge in [-0.05, 0) is 6.42 Å². The summed E-state index contributed by atoms with van der Waals surface area (Å²) in [6.45, 7) is 12.2. The molecule has 1 aromatic heterocycles. The molecule has 1 unspecified atom stereocenters. The zero-order chi connectivity index (χ0) is 33.1. The largest absolute Gasteiger partial charge is 0.377 e. The Labute approximate surface area is 272 Å². The van der Waals surface area contributed by atoms with Crippen LogP contribution in [0.2, 0.25) is 0 Å². The number of urea groups is 1. The highest BCUT2D eigenvalue weighted by atomic mass is 16.6. The van der Waals surface area contributed by atoms with E-state index in [1.807, 2.05) is 0 Å². The molecule has 1 fully saturated rings. The number of hydrogen-bond acceptors (Lipinski definition) is 12. The van der Waals surface area contributed by atoms with E-state index in [4.69, 9.17) is 33.2 Å². The summed E-state index contributed by atoms with van der Waals surface area (Å²) in [7, 11) is 0. The van der Waals surface area contributed by atoms with Crippen molar-refractivity contribution in [3.8, 4) is 0 Å². The Morgan fingerprint density at radius 2 is 1.26 bits per heavy atom. The highest BCUT2D eigenvalue weighted by molar-refractivity contribution is 6.03. The number of carbonyl (C=O) groups is 3. The van der Waals surface area contributed by atoms with Crippen molar-refractivity contribution in [1.82, 2.24) is 30.5 Å². The number of aromatic nitrogens is 3. The summed E-state index contributed by atoms with van der Waals surface area (Å²) in [5, 5.41) is 13.6. The fourth-order valence-corrected chi connectivity index (χ4v) is 4.15. The van der Waals surface area contributed by atoms with Crippen molar-refractivity contribution in [1.29, 1.82) is 0 Å². The van der Waals surface area contributed by atoms with Gasteiger partial charge in [0.25, 0.3) is 0 Å². The molecule has 1 aromatic rings. The molecule has 4 amide bonds. The van der Waals surface area contributed by atoms with Crippen molar-refractivity contribution in [2.24, 2.45) is 5.92 Å². The molecule has 0 bridgehead atoms. The van der Waals surface area contributed by atoms with Crippen molar-refractivity contribution >= 4 is 17.8 Å². The lowest BCUT2D eigenvalue weighted by Gasteiger charge is -2.11. The number of nitrogens with zero attached hydrogens (tertiary/aromatic N) is 4. The molecule has 0 radical (unpaired) electrons. The van der Waals surface area contributed by atoms with Gasteiger partial charge >= 0.3 is 6.03 Å². The number of amides is 4. The van der Waals surface area contributed by atoms with Crippen LogP contribution in [0.4, 0.5) is 4.79 Å². The van der Waals surface area contributed by atoms with Crippen LogP contribution in [0.25, 0.3) is 0 Å². The fraction of sp³-hybridized carbons (Fsp3) is 0.833. The van der Waals surface area contributed by atoms with Gasteiger partial charge in [0.05, 0.1) is 112 Å². The van der Waals surface area contributed by atoms with E-state index < -0.39 is 0 Å². The first kappa shape index (κ1) is 39.4. The molecule has 0 aliphatic carbocycles. The van der Waals surface area contributed by atoms with Crippen LogP contribution >= 0.6 is 0 Å². The SMILES string of the molecule is CCCCCNC(=O)NCCOCCOCCOCCOCCOCCOCCOCCn1cc(CN2C(=O)CC(C)C2=O)nn1.